The number of halogens is 2. The molecule has 0 heterocycles. The highest BCUT2D eigenvalue weighted by Crippen LogP contribution is 2.22. The molecule has 0 spiro atoms. The molecule has 114 valence electrons. The molecule has 2 nitrogen and oxygen atoms in total. The molecule has 0 N–H and O–H groups in total. The lowest BCUT2D eigenvalue weighted by Crippen LogP contribution is -2.15. The summed E-state index contributed by atoms with van der Waals surface area (Å²) in [4.78, 5) is 10.1. The molecule has 2 unspecified atom stereocenters. The lowest BCUT2D eigenvalue weighted by Gasteiger charge is -2.07. The molecule has 0 amide bonds. The summed E-state index contributed by atoms with van der Waals surface area (Å²) in [5.41, 5.74) is 0.901. The van der Waals surface area contributed by atoms with E-state index in [-0.39, 0.29) is 6.29 Å². The smallest absolute Gasteiger partial charge is 0.190 e. The fraction of sp³-hybridized carbons (Fsp3) is 0.167. The summed E-state index contributed by atoms with van der Waals surface area (Å²) in [5, 5.41) is 0. The third-order valence-corrected chi connectivity index (χ3v) is 2.99. The molecule has 0 fully saturated rings. The van der Waals surface area contributed by atoms with Crippen molar-refractivity contribution in [3.63, 3.8) is 0 Å². The van der Waals surface area contributed by atoms with Gasteiger partial charge in [0.1, 0.15) is 11.5 Å². The third-order valence-electron chi connectivity index (χ3n) is 2.99. The highest BCUT2D eigenvalue weighted by atomic mass is 19.2. The summed E-state index contributed by atoms with van der Waals surface area (Å²) in [6, 6.07) is 16.7. The van der Waals surface area contributed by atoms with Gasteiger partial charge in [-0.1, -0.05) is 42.5 Å². The van der Waals surface area contributed by atoms with Crippen LogP contribution in [0.1, 0.15) is 5.56 Å². The number of carbonyl (C=O) groups is 1. The van der Waals surface area contributed by atoms with Gasteiger partial charge < -0.3 is 4.74 Å². The predicted octanol–water partition coefficient (Wildman–Crippen LogP) is 4.45. The number of hydrogen-bond acceptors (Lipinski definition) is 2. The molecule has 0 aliphatic carbocycles. The van der Waals surface area contributed by atoms with Crippen LogP contribution in [-0.4, -0.2) is 18.6 Å². The van der Waals surface area contributed by atoms with Gasteiger partial charge in [0.25, 0.3) is 0 Å². The van der Waals surface area contributed by atoms with E-state index in [1.807, 2.05) is 54.6 Å². The van der Waals surface area contributed by atoms with Gasteiger partial charge in [0.05, 0.1) is 0 Å². The molecule has 0 aliphatic heterocycles. The van der Waals surface area contributed by atoms with E-state index >= 15 is 0 Å². The van der Waals surface area contributed by atoms with Crippen molar-refractivity contribution in [2.75, 3.05) is 0 Å². The number of ether oxygens (including phenoxy) is 1. The second kappa shape index (κ2) is 8.08. The number of aldehydes is 1. The van der Waals surface area contributed by atoms with Gasteiger partial charge in [-0.15, -0.1) is 0 Å². The molecule has 0 saturated carbocycles. The Hall–Kier alpha value is -2.49. The van der Waals surface area contributed by atoms with Gasteiger partial charge in [-0.3, -0.25) is 4.79 Å². The van der Waals surface area contributed by atoms with Crippen LogP contribution < -0.4 is 4.74 Å². The zero-order valence-corrected chi connectivity index (χ0v) is 11.9. The Morgan fingerprint density at radius 3 is 2.41 bits per heavy atom. The van der Waals surface area contributed by atoms with Gasteiger partial charge in [0.15, 0.2) is 18.6 Å². The van der Waals surface area contributed by atoms with Gasteiger partial charge in [-0.2, -0.15) is 0 Å². The average Bonchev–Trinajstić information content (AvgIpc) is 2.55. The van der Waals surface area contributed by atoms with E-state index in [9.17, 15) is 13.6 Å². The van der Waals surface area contributed by atoms with Crippen LogP contribution in [0.3, 0.4) is 0 Å². The molecule has 22 heavy (non-hydrogen) atoms. The minimum absolute atomic E-state index is 0.0384. The van der Waals surface area contributed by atoms with Crippen LogP contribution in [0.15, 0.2) is 66.7 Å². The second-order valence-electron chi connectivity index (χ2n) is 4.72. The SMILES string of the molecule is O=CC(F)C(F)C=CCc1cccc(Oc2ccccc2)c1. The quantitative estimate of drug-likeness (QED) is 0.558. The monoisotopic (exact) mass is 302 g/mol. The van der Waals surface area contributed by atoms with Gasteiger partial charge in [-0.25, -0.2) is 8.78 Å². The number of alkyl halides is 2. The Balaban J connectivity index is 1.97. The van der Waals surface area contributed by atoms with Crippen LogP contribution in [-0.2, 0) is 11.2 Å². The lowest BCUT2D eigenvalue weighted by molar-refractivity contribution is -0.113. The highest BCUT2D eigenvalue weighted by molar-refractivity contribution is 5.57. The van der Waals surface area contributed by atoms with Crippen molar-refractivity contribution in [2.24, 2.45) is 0 Å². The first-order valence-corrected chi connectivity index (χ1v) is 6.91. The highest BCUT2D eigenvalue weighted by Gasteiger charge is 2.15. The number of para-hydroxylation sites is 1. The van der Waals surface area contributed by atoms with E-state index in [1.165, 1.54) is 6.08 Å². The minimum Gasteiger partial charge on any atom is -0.457 e. The fourth-order valence-corrected chi connectivity index (χ4v) is 1.88. The largest absolute Gasteiger partial charge is 0.457 e. The summed E-state index contributed by atoms with van der Waals surface area (Å²) < 4.78 is 31.6. The summed E-state index contributed by atoms with van der Waals surface area (Å²) in [6.07, 6.45) is -1.06. The molecule has 0 saturated heterocycles. The maximum atomic E-state index is 13.1. The van der Waals surface area contributed by atoms with E-state index in [2.05, 4.69) is 0 Å². The first kappa shape index (κ1) is 15.9. The molecule has 2 atom stereocenters. The molecule has 2 aromatic carbocycles. The molecular weight excluding hydrogens is 286 g/mol. The first-order chi connectivity index (χ1) is 10.7. The van der Waals surface area contributed by atoms with Gasteiger partial charge in [-0.05, 0) is 36.2 Å². The Morgan fingerprint density at radius 1 is 0.955 bits per heavy atom. The normalized spacial score (nSPS) is 13.7. The Bertz CT molecular complexity index is 626. The molecule has 4 heteroatoms. The maximum absolute atomic E-state index is 13.1. The van der Waals surface area contributed by atoms with Crippen molar-refractivity contribution in [3.8, 4) is 11.5 Å². The number of rotatable bonds is 7. The summed E-state index contributed by atoms with van der Waals surface area (Å²) in [6.45, 7) is 0. The third kappa shape index (κ3) is 4.81. The van der Waals surface area contributed by atoms with Crippen LogP contribution in [0.25, 0.3) is 0 Å². The fourth-order valence-electron chi connectivity index (χ4n) is 1.88. The molecule has 0 aliphatic rings. The number of hydrogen-bond donors (Lipinski definition) is 0. The van der Waals surface area contributed by atoms with E-state index in [1.54, 1.807) is 0 Å². The average molecular weight is 302 g/mol. The molecular formula is C18H16F2O2. The summed E-state index contributed by atoms with van der Waals surface area (Å²) in [7, 11) is 0. The van der Waals surface area contributed by atoms with Crippen LogP contribution in [0.4, 0.5) is 8.78 Å². The molecule has 2 rings (SSSR count). The standard InChI is InChI=1S/C18H16F2O2/c19-17(18(20)13-21)11-5-7-14-6-4-10-16(12-14)22-15-8-2-1-3-9-15/h1-6,8-13,17-18H,7H2. The van der Waals surface area contributed by atoms with Gasteiger partial charge >= 0.3 is 0 Å². The van der Waals surface area contributed by atoms with Crippen molar-refractivity contribution in [1.82, 2.24) is 0 Å². The van der Waals surface area contributed by atoms with E-state index in [0.29, 0.717) is 12.2 Å². The van der Waals surface area contributed by atoms with Crippen molar-refractivity contribution in [3.05, 3.63) is 72.3 Å². The van der Waals surface area contributed by atoms with Crippen LogP contribution in [0.5, 0.6) is 11.5 Å². The summed E-state index contributed by atoms with van der Waals surface area (Å²) >= 11 is 0. The van der Waals surface area contributed by atoms with E-state index < -0.39 is 12.3 Å². The van der Waals surface area contributed by atoms with Gasteiger partial charge in [0.2, 0.25) is 0 Å². The maximum Gasteiger partial charge on any atom is 0.190 e. The van der Waals surface area contributed by atoms with Crippen molar-refractivity contribution in [2.45, 2.75) is 18.8 Å². The molecule has 0 aromatic heterocycles. The summed E-state index contributed by atoms with van der Waals surface area (Å²) in [5.74, 6) is 1.40. The van der Waals surface area contributed by atoms with Crippen molar-refractivity contribution >= 4 is 6.29 Å². The Labute approximate surface area is 128 Å². The zero-order valence-electron chi connectivity index (χ0n) is 11.9. The van der Waals surface area contributed by atoms with Crippen LogP contribution in [0, 0.1) is 0 Å². The zero-order chi connectivity index (χ0) is 15.8. The number of carbonyl (C=O) groups excluding carboxylic acids is 1. The minimum atomic E-state index is -2.11. The van der Waals surface area contributed by atoms with E-state index in [0.717, 1.165) is 17.4 Å². The van der Waals surface area contributed by atoms with Crippen molar-refractivity contribution in [1.29, 1.82) is 0 Å². The van der Waals surface area contributed by atoms with Crippen molar-refractivity contribution < 1.29 is 18.3 Å². The second-order valence-corrected chi connectivity index (χ2v) is 4.72. The lowest BCUT2D eigenvalue weighted by atomic mass is 10.1. The molecule has 2 aromatic rings. The predicted molar refractivity (Wildman–Crippen MR) is 81.7 cm³/mol. The topological polar surface area (TPSA) is 26.3 Å². The van der Waals surface area contributed by atoms with Crippen LogP contribution in [0.2, 0.25) is 0 Å². The van der Waals surface area contributed by atoms with Gasteiger partial charge in [0, 0.05) is 0 Å². The molecule has 0 radical (unpaired) electrons. The Morgan fingerprint density at radius 2 is 1.68 bits per heavy atom. The number of benzene rings is 2. The van der Waals surface area contributed by atoms with Crippen LogP contribution >= 0.6 is 0 Å². The number of allylic oxidation sites excluding steroid dienone is 2. The first-order valence-electron chi connectivity index (χ1n) is 6.91. The molecule has 0 bridgehead atoms. The Kier molecular flexibility index (Phi) is 5.83. The van der Waals surface area contributed by atoms with E-state index in [4.69, 9.17) is 4.74 Å².